The minimum Gasteiger partial charge on any atom is -0.489 e. The Bertz CT molecular complexity index is 889. The number of carboxylic acid groups (broad SMARTS) is 1. The maximum atomic E-state index is 11.4. The number of pyridine rings is 1. The molecule has 1 aliphatic heterocycles. The Hall–Kier alpha value is -2.86. The lowest BCUT2D eigenvalue weighted by atomic mass is 9.99. The van der Waals surface area contributed by atoms with E-state index in [0.29, 0.717) is 13.2 Å². The summed E-state index contributed by atoms with van der Waals surface area (Å²) in [5, 5.41) is 13.4. The summed E-state index contributed by atoms with van der Waals surface area (Å²) in [5.41, 5.74) is 3.74. The molecule has 2 aromatic heterocycles. The highest BCUT2D eigenvalue weighted by atomic mass is 16.5. The number of rotatable bonds is 4. The smallest absolute Gasteiger partial charge is 0.326 e. The summed E-state index contributed by atoms with van der Waals surface area (Å²) < 4.78 is 5.85. The van der Waals surface area contributed by atoms with Crippen molar-refractivity contribution in [2.75, 3.05) is 6.54 Å². The standard InChI is InChI=1S/C18H17N3O3/c22-18(23)17-16-13(5-7-20-17)14-8-12(3-4-15(14)21-16)24-10-11-2-1-6-19-9-11/h1-4,6,8-9,17,20-21H,5,7,10H2,(H,22,23). The van der Waals surface area contributed by atoms with E-state index in [2.05, 4.69) is 15.3 Å². The van der Waals surface area contributed by atoms with Gasteiger partial charge in [0.05, 0.1) is 0 Å². The highest BCUT2D eigenvalue weighted by Crippen LogP contribution is 2.32. The third-order valence-corrected chi connectivity index (χ3v) is 4.30. The summed E-state index contributed by atoms with van der Waals surface area (Å²) in [6.45, 7) is 1.10. The second-order valence-corrected chi connectivity index (χ2v) is 5.85. The molecule has 0 fully saturated rings. The number of hydrogen-bond donors (Lipinski definition) is 3. The molecule has 0 aliphatic carbocycles. The van der Waals surface area contributed by atoms with E-state index in [-0.39, 0.29) is 0 Å². The third kappa shape index (κ3) is 2.61. The van der Waals surface area contributed by atoms with Crippen molar-refractivity contribution in [1.82, 2.24) is 15.3 Å². The van der Waals surface area contributed by atoms with Crippen molar-refractivity contribution < 1.29 is 14.6 Å². The fraction of sp³-hybridized carbons (Fsp3) is 0.222. The van der Waals surface area contributed by atoms with E-state index in [1.165, 1.54) is 0 Å². The van der Waals surface area contributed by atoms with Gasteiger partial charge in [0.25, 0.3) is 0 Å². The summed E-state index contributed by atoms with van der Waals surface area (Å²) in [5.74, 6) is -0.103. The van der Waals surface area contributed by atoms with E-state index in [1.54, 1.807) is 12.4 Å². The van der Waals surface area contributed by atoms with E-state index >= 15 is 0 Å². The molecule has 1 aromatic carbocycles. The molecule has 0 saturated carbocycles. The zero-order chi connectivity index (χ0) is 16.5. The molecule has 1 unspecified atom stereocenters. The first-order valence-corrected chi connectivity index (χ1v) is 7.85. The van der Waals surface area contributed by atoms with Crippen molar-refractivity contribution in [1.29, 1.82) is 0 Å². The first kappa shape index (κ1) is 14.7. The summed E-state index contributed by atoms with van der Waals surface area (Å²) in [6.07, 6.45) is 4.31. The molecular formula is C18H17N3O3. The maximum Gasteiger partial charge on any atom is 0.326 e. The number of ether oxygens (including phenoxy) is 1. The van der Waals surface area contributed by atoms with Crippen molar-refractivity contribution in [2.24, 2.45) is 0 Å². The second-order valence-electron chi connectivity index (χ2n) is 5.85. The molecule has 0 bridgehead atoms. The molecule has 3 heterocycles. The van der Waals surface area contributed by atoms with Crippen LogP contribution in [0.4, 0.5) is 0 Å². The predicted octanol–water partition coefficient (Wildman–Crippen LogP) is 2.41. The van der Waals surface area contributed by atoms with Gasteiger partial charge in [-0.2, -0.15) is 0 Å². The molecule has 0 spiro atoms. The lowest BCUT2D eigenvalue weighted by molar-refractivity contribution is -0.139. The zero-order valence-corrected chi connectivity index (χ0v) is 13.0. The van der Waals surface area contributed by atoms with Gasteiger partial charge in [-0.3, -0.25) is 15.1 Å². The molecule has 3 aromatic rings. The van der Waals surface area contributed by atoms with Crippen molar-refractivity contribution in [3.05, 3.63) is 59.5 Å². The summed E-state index contributed by atoms with van der Waals surface area (Å²) >= 11 is 0. The molecule has 0 amide bonds. The number of fused-ring (bicyclic) bond motifs is 3. The molecule has 1 aliphatic rings. The van der Waals surface area contributed by atoms with E-state index in [0.717, 1.165) is 39.9 Å². The van der Waals surface area contributed by atoms with Gasteiger partial charge in [0.15, 0.2) is 0 Å². The van der Waals surface area contributed by atoms with Crippen LogP contribution in [0.3, 0.4) is 0 Å². The van der Waals surface area contributed by atoms with E-state index in [9.17, 15) is 9.90 Å². The van der Waals surface area contributed by atoms with Gasteiger partial charge in [-0.25, -0.2) is 0 Å². The number of nitrogens with zero attached hydrogens (tertiary/aromatic N) is 1. The summed E-state index contributed by atoms with van der Waals surface area (Å²) in [6, 6.07) is 8.97. The fourth-order valence-electron chi connectivity index (χ4n) is 3.16. The van der Waals surface area contributed by atoms with Crippen molar-refractivity contribution in [3.63, 3.8) is 0 Å². The number of benzene rings is 1. The zero-order valence-electron chi connectivity index (χ0n) is 13.0. The van der Waals surface area contributed by atoms with Gasteiger partial charge in [-0.15, -0.1) is 0 Å². The minimum atomic E-state index is -0.865. The monoisotopic (exact) mass is 323 g/mol. The van der Waals surface area contributed by atoms with Gasteiger partial charge in [-0.05, 0) is 36.2 Å². The predicted molar refractivity (Wildman–Crippen MR) is 89.0 cm³/mol. The maximum absolute atomic E-state index is 11.4. The largest absolute Gasteiger partial charge is 0.489 e. The average molecular weight is 323 g/mol. The van der Waals surface area contributed by atoms with E-state index in [1.807, 2.05) is 30.3 Å². The Balaban J connectivity index is 1.64. The molecule has 122 valence electrons. The molecular weight excluding hydrogens is 306 g/mol. The number of carbonyl (C=O) groups is 1. The van der Waals surface area contributed by atoms with Crippen molar-refractivity contribution in [3.8, 4) is 5.75 Å². The molecule has 1 atom stereocenters. The number of H-pyrrole nitrogens is 1. The van der Waals surface area contributed by atoms with Crippen LogP contribution in [0.15, 0.2) is 42.7 Å². The van der Waals surface area contributed by atoms with Gasteiger partial charge >= 0.3 is 5.97 Å². The lowest BCUT2D eigenvalue weighted by Crippen LogP contribution is -2.34. The van der Waals surface area contributed by atoms with Crippen LogP contribution >= 0.6 is 0 Å². The summed E-state index contributed by atoms with van der Waals surface area (Å²) in [4.78, 5) is 18.7. The number of aliphatic carboxylic acids is 1. The number of hydrogen-bond acceptors (Lipinski definition) is 4. The minimum absolute atomic E-state index is 0.450. The highest BCUT2D eigenvalue weighted by molar-refractivity contribution is 5.89. The summed E-state index contributed by atoms with van der Waals surface area (Å²) in [7, 11) is 0. The van der Waals surface area contributed by atoms with Crippen molar-refractivity contribution in [2.45, 2.75) is 19.1 Å². The molecule has 6 heteroatoms. The molecule has 0 saturated heterocycles. The first-order valence-electron chi connectivity index (χ1n) is 7.85. The quantitative estimate of drug-likeness (QED) is 0.686. The van der Waals surface area contributed by atoms with E-state index < -0.39 is 12.0 Å². The van der Waals surface area contributed by atoms with Crippen molar-refractivity contribution >= 4 is 16.9 Å². The Morgan fingerprint density at radius 3 is 3.08 bits per heavy atom. The normalized spacial score (nSPS) is 16.8. The van der Waals surface area contributed by atoms with Crippen LogP contribution in [0.1, 0.15) is 22.9 Å². The van der Waals surface area contributed by atoms with Crippen LogP contribution in [-0.2, 0) is 17.8 Å². The number of carboxylic acids is 1. The number of nitrogens with one attached hydrogen (secondary N) is 2. The molecule has 6 nitrogen and oxygen atoms in total. The Morgan fingerprint density at radius 2 is 2.29 bits per heavy atom. The van der Waals surface area contributed by atoms with Crippen LogP contribution in [0.2, 0.25) is 0 Å². The van der Waals surface area contributed by atoms with Gasteiger partial charge < -0.3 is 14.8 Å². The van der Waals surface area contributed by atoms with Gasteiger partial charge in [0, 0.05) is 41.1 Å². The lowest BCUT2D eigenvalue weighted by Gasteiger charge is -2.20. The van der Waals surface area contributed by atoms with Gasteiger partial charge in [0.2, 0.25) is 0 Å². The van der Waals surface area contributed by atoms with Crippen LogP contribution in [0.5, 0.6) is 5.75 Å². The first-order chi connectivity index (χ1) is 11.7. The topological polar surface area (TPSA) is 87.2 Å². The van der Waals surface area contributed by atoms with Gasteiger partial charge in [-0.1, -0.05) is 6.07 Å². The number of aromatic amines is 1. The molecule has 3 N–H and O–H groups in total. The van der Waals surface area contributed by atoms with E-state index in [4.69, 9.17) is 4.74 Å². The molecule has 4 rings (SSSR count). The Morgan fingerprint density at radius 1 is 1.38 bits per heavy atom. The van der Waals surface area contributed by atoms with Crippen LogP contribution in [-0.4, -0.2) is 27.6 Å². The molecule has 0 radical (unpaired) electrons. The third-order valence-electron chi connectivity index (χ3n) is 4.30. The van der Waals surface area contributed by atoms with Crippen LogP contribution < -0.4 is 10.1 Å². The fourth-order valence-corrected chi connectivity index (χ4v) is 3.16. The average Bonchev–Trinajstić information content (AvgIpc) is 2.98. The highest BCUT2D eigenvalue weighted by Gasteiger charge is 2.28. The second kappa shape index (κ2) is 5.98. The number of aromatic nitrogens is 2. The Kier molecular flexibility index (Phi) is 3.66. The SMILES string of the molecule is O=C(O)C1NCCc2c1[nH]c1ccc(OCc3cccnc3)cc21. The Labute approximate surface area is 138 Å². The van der Waals surface area contributed by atoms with Gasteiger partial charge in [0.1, 0.15) is 18.4 Å². The van der Waals surface area contributed by atoms with Crippen LogP contribution in [0, 0.1) is 0 Å². The van der Waals surface area contributed by atoms with Crippen LogP contribution in [0.25, 0.3) is 10.9 Å². The molecule has 24 heavy (non-hydrogen) atoms.